The molecular formula is C21H30N2O. The van der Waals surface area contributed by atoms with E-state index in [-0.39, 0.29) is 5.41 Å². The van der Waals surface area contributed by atoms with E-state index in [2.05, 4.69) is 64.7 Å². The molecule has 24 heavy (non-hydrogen) atoms. The maximum absolute atomic E-state index is 5.59. The van der Waals surface area contributed by atoms with Crippen LogP contribution < -0.4 is 0 Å². The number of hydrogen-bond donors (Lipinski definition) is 0. The summed E-state index contributed by atoms with van der Waals surface area (Å²) in [5.41, 5.74) is 1.64. The molecule has 0 N–H and O–H groups in total. The summed E-state index contributed by atoms with van der Waals surface area (Å²) in [4.78, 5) is 4.92. The van der Waals surface area contributed by atoms with Crippen LogP contribution in [0.1, 0.15) is 31.2 Å². The molecule has 2 aliphatic heterocycles. The molecule has 0 spiro atoms. The van der Waals surface area contributed by atoms with Crippen LogP contribution in [0.5, 0.6) is 0 Å². The van der Waals surface area contributed by atoms with E-state index in [0.717, 1.165) is 19.6 Å². The highest BCUT2D eigenvalue weighted by Crippen LogP contribution is 2.35. The molecule has 2 heterocycles. The zero-order chi connectivity index (χ0) is 16.7. The maximum Gasteiger partial charge on any atom is 0.0560 e. The molecule has 0 unspecified atom stereocenters. The minimum absolute atomic E-state index is 0.199. The molecule has 1 aromatic carbocycles. The smallest absolute Gasteiger partial charge is 0.0560 e. The number of likely N-dealkylation sites (tertiary alicyclic amines) is 1. The molecule has 1 saturated heterocycles. The number of nitrogens with zero attached hydrogens (tertiary/aromatic N) is 2. The molecule has 2 aliphatic rings. The first-order valence-electron chi connectivity index (χ1n) is 9.18. The second-order valence-electron chi connectivity index (χ2n) is 7.02. The van der Waals surface area contributed by atoms with Gasteiger partial charge in [0.15, 0.2) is 0 Å². The van der Waals surface area contributed by atoms with Crippen molar-refractivity contribution < 1.29 is 4.74 Å². The van der Waals surface area contributed by atoms with E-state index in [1.807, 2.05) is 7.11 Å². The van der Waals surface area contributed by atoms with Gasteiger partial charge in [0.05, 0.1) is 6.61 Å². The first-order chi connectivity index (χ1) is 11.8. The standard InChI is InChI=1S/C21H30N2O/c1-24-19-21(20-9-4-2-5-10-20)11-17-23(18-12-21)16-8-15-22-13-6-3-7-14-22/h2,4-7,9-10,13-14H,3,8,11-12,15-19H2,1H3. The molecule has 0 bridgehead atoms. The van der Waals surface area contributed by atoms with Gasteiger partial charge in [-0.2, -0.15) is 0 Å². The Hall–Kier alpha value is -1.58. The lowest BCUT2D eigenvalue weighted by Gasteiger charge is -2.42. The molecule has 3 rings (SSSR count). The van der Waals surface area contributed by atoms with E-state index in [1.165, 1.54) is 44.5 Å². The number of ether oxygens (including phenoxy) is 1. The molecule has 0 aliphatic carbocycles. The monoisotopic (exact) mass is 326 g/mol. The molecule has 3 heteroatoms. The van der Waals surface area contributed by atoms with Gasteiger partial charge in [-0.25, -0.2) is 0 Å². The lowest BCUT2D eigenvalue weighted by Crippen LogP contribution is -2.45. The Morgan fingerprint density at radius 2 is 1.71 bits per heavy atom. The van der Waals surface area contributed by atoms with Crippen molar-refractivity contribution in [1.82, 2.24) is 9.80 Å². The fourth-order valence-electron chi connectivity index (χ4n) is 3.94. The van der Waals surface area contributed by atoms with Crippen molar-refractivity contribution in [3.05, 3.63) is 60.4 Å². The van der Waals surface area contributed by atoms with E-state index in [0.29, 0.717) is 0 Å². The molecule has 3 nitrogen and oxygen atoms in total. The second kappa shape index (κ2) is 8.50. The van der Waals surface area contributed by atoms with Crippen LogP contribution >= 0.6 is 0 Å². The van der Waals surface area contributed by atoms with Gasteiger partial charge < -0.3 is 14.5 Å². The van der Waals surface area contributed by atoms with Crippen LogP contribution in [0.2, 0.25) is 0 Å². The summed E-state index contributed by atoms with van der Waals surface area (Å²) in [6.45, 7) is 5.48. The summed E-state index contributed by atoms with van der Waals surface area (Å²) >= 11 is 0. The minimum Gasteiger partial charge on any atom is -0.384 e. The highest BCUT2D eigenvalue weighted by atomic mass is 16.5. The Bertz CT molecular complexity index is 532. The molecule has 1 aromatic rings. The van der Waals surface area contributed by atoms with Gasteiger partial charge in [0.1, 0.15) is 0 Å². The molecule has 0 amide bonds. The largest absolute Gasteiger partial charge is 0.384 e. The fraction of sp³-hybridized carbons (Fsp3) is 0.524. The van der Waals surface area contributed by atoms with Crippen LogP contribution in [0.15, 0.2) is 54.9 Å². The van der Waals surface area contributed by atoms with Gasteiger partial charge >= 0.3 is 0 Å². The summed E-state index contributed by atoms with van der Waals surface area (Å²) in [5, 5.41) is 0. The third kappa shape index (κ3) is 4.28. The number of hydrogen-bond acceptors (Lipinski definition) is 3. The minimum atomic E-state index is 0.199. The summed E-state index contributed by atoms with van der Waals surface area (Å²) < 4.78 is 5.59. The van der Waals surface area contributed by atoms with Crippen LogP contribution in [0.25, 0.3) is 0 Å². The van der Waals surface area contributed by atoms with E-state index < -0.39 is 0 Å². The normalized spacial score (nSPS) is 20.5. The topological polar surface area (TPSA) is 15.7 Å². The molecule has 0 saturated carbocycles. The van der Waals surface area contributed by atoms with E-state index in [1.54, 1.807) is 0 Å². The average Bonchev–Trinajstić information content (AvgIpc) is 2.65. The lowest BCUT2D eigenvalue weighted by atomic mass is 9.73. The number of methoxy groups -OCH3 is 1. The average molecular weight is 326 g/mol. The zero-order valence-electron chi connectivity index (χ0n) is 14.9. The van der Waals surface area contributed by atoms with Gasteiger partial charge in [-0.1, -0.05) is 42.5 Å². The summed E-state index contributed by atoms with van der Waals surface area (Å²) in [5.74, 6) is 0. The third-order valence-electron chi connectivity index (χ3n) is 5.38. The molecule has 0 radical (unpaired) electrons. The highest BCUT2D eigenvalue weighted by Gasteiger charge is 2.35. The number of allylic oxidation sites excluding steroid dienone is 2. The molecule has 0 atom stereocenters. The Labute approximate surface area is 146 Å². The second-order valence-corrected chi connectivity index (χ2v) is 7.02. The van der Waals surface area contributed by atoms with Crippen molar-refractivity contribution in [2.24, 2.45) is 0 Å². The van der Waals surface area contributed by atoms with E-state index >= 15 is 0 Å². The Kier molecular flexibility index (Phi) is 6.11. The van der Waals surface area contributed by atoms with Crippen molar-refractivity contribution >= 4 is 0 Å². The molecule has 130 valence electrons. The van der Waals surface area contributed by atoms with E-state index in [4.69, 9.17) is 4.74 Å². The first-order valence-corrected chi connectivity index (χ1v) is 9.18. The van der Waals surface area contributed by atoms with Crippen LogP contribution in [-0.2, 0) is 10.2 Å². The zero-order valence-corrected chi connectivity index (χ0v) is 14.9. The number of piperidine rings is 1. The van der Waals surface area contributed by atoms with Gasteiger partial charge in [-0.05, 0) is 63.3 Å². The third-order valence-corrected chi connectivity index (χ3v) is 5.38. The van der Waals surface area contributed by atoms with E-state index in [9.17, 15) is 0 Å². The Morgan fingerprint density at radius 1 is 1.00 bits per heavy atom. The highest BCUT2D eigenvalue weighted by molar-refractivity contribution is 5.26. The summed E-state index contributed by atoms with van der Waals surface area (Å²) in [6.07, 6.45) is 13.5. The SMILES string of the molecule is COCC1(c2ccccc2)CCN(CCCN2C=CCC=C2)CC1. The predicted molar refractivity (Wildman–Crippen MR) is 99.9 cm³/mol. The summed E-state index contributed by atoms with van der Waals surface area (Å²) in [6, 6.07) is 10.9. The predicted octanol–water partition coefficient (Wildman–Crippen LogP) is 3.79. The Balaban J connectivity index is 1.49. The van der Waals surface area contributed by atoms with Crippen molar-refractivity contribution in [1.29, 1.82) is 0 Å². The fourth-order valence-corrected chi connectivity index (χ4v) is 3.94. The van der Waals surface area contributed by atoms with Gasteiger partial charge in [-0.3, -0.25) is 0 Å². The van der Waals surface area contributed by atoms with Crippen molar-refractivity contribution in [3.63, 3.8) is 0 Å². The van der Waals surface area contributed by atoms with Crippen LogP contribution in [-0.4, -0.2) is 49.7 Å². The van der Waals surface area contributed by atoms with Crippen LogP contribution in [0.4, 0.5) is 0 Å². The first kappa shape index (κ1) is 17.2. The van der Waals surface area contributed by atoms with Crippen molar-refractivity contribution in [2.75, 3.05) is 39.9 Å². The van der Waals surface area contributed by atoms with Crippen molar-refractivity contribution in [2.45, 2.75) is 31.1 Å². The lowest BCUT2D eigenvalue weighted by molar-refractivity contribution is 0.0719. The molecule has 0 aromatic heterocycles. The van der Waals surface area contributed by atoms with Crippen molar-refractivity contribution in [3.8, 4) is 0 Å². The van der Waals surface area contributed by atoms with Gasteiger partial charge in [-0.15, -0.1) is 0 Å². The van der Waals surface area contributed by atoms with Gasteiger partial charge in [0.2, 0.25) is 0 Å². The quantitative estimate of drug-likeness (QED) is 0.758. The summed E-state index contributed by atoms with van der Waals surface area (Å²) in [7, 11) is 1.83. The number of rotatable bonds is 7. The van der Waals surface area contributed by atoms with Crippen LogP contribution in [0, 0.1) is 0 Å². The maximum atomic E-state index is 5.59. The number of benzene rings is 1. The van der Waals surface area contributed by atoms with Gasteiger partial charge in [0, 0.05) is 19.1 Å². The molecule has 1 fully saturated rings. The molecular weight excluding hydrogens is 296 g/mol. The Morgan fingerprint density at radius 3 is 2.38 bits per heavy atom. The van der Waals surface area contributed by atoms with Crippen LogP contribution in [0.3, 0.4) is 0 Å². The van der Waals surface area contributed by atoms with Gasteiger partial charge in [0.25, 0.3) is 0 Å².